The highest BCUT2D eigenvalue weighted by molar-refractivity contribution is 5.96. The number of fused-ring (bicyclic) bond motifs is 1. The van der Waals surface area contributed by atoms with Gasteiger partial charge in [-0.2, -0.15) is 0 Å². The van der Waals surface area contributed by atoms with Gasteiger partial charge in [-0.25, -0.2) is 0 Å². The molecule has 1 N–H and O–H groups in total. The topological polar surface area (TPSA) is 47.6 Å². The lowest BCUT2D eigenvalue weighted by atomic mass is 10.1. The van der Waals surface area contributed by atoms with Crippen LogP contribution in [-0.2, 0) is 0 Å². The van der Waals surface area contributed by atoms with Crippen LogP contribution in [0.1, 0.15) is 23.2 Å². The van der Waals surface area contributed by atoms with E-state index in [0.29, 0.717) is 37.5 Å². The second kappa shape index (κ2) is 5.68. The average Bonchev–Trinajstić information content (AvgIpc) is 2.60. The Morgan fingerprint density at radius 1 is 1.29 bits per heavy atom. The number of nitrogens with one attached hydrogen (secondary N) is 1. The summed E-state index contributed by atoms with van der Waals surface area (Å²) >= 11 is 0. The summed E-state index contributed by atoms with van der Waals surface area (Å²) in [4.78, 5) is 11.8. The number of rotatable bonds is 4. The second-order valence-corrected chi connectivity index (χ2v) is 3.99. The molecule has 0 bridgehead atoms. The molecule has 0 spiro atoms. The molecule has 1 aromatic carbocycles. The van der Waals surface area contributed by atoms with Crippen molar-refractivity contribution in [3.63, 3.8) is 0 Å². The Kier molecular flexibility index (Phi) is 3.98. The molecule has 4 nitrogen and oxygen atoms in total. The number of carbonyl (C=O) groups is 1. The van der Waals surface area contributed by atoms with Crippen molar-refractivity contribution >= 4 is 5.78 Å². The summed E-state index contributed by atoms with van der Waals surface area (Å²) in [5, 5.41) is 2.96. The molecule has 1 aliphatic rings. The zero-order valence-corrected chi connectivity index (χ0v) is 9.99. The van der Waals surface area contributed by atoms with Gasteiger partial charge in [0.1, 0.15) is 0 Å². The molecule has 2 rings (SSSR count). The average molecular weight is 235 g/mol. The van der Waals surface area contributed by atoms with Crippen molar-refractivity contribution in [2.24, 2.45) is 0 Å². The number of ether oxygens (including phenoxy) is 2. The first-order valence-corrected chi connectivity index (χ1v) is 5.88. The Morgan fingerprint density at radius 3 is 2.82 bits per heavy atom. The molecule has 0 unspecified atom stereocenters. The lowest BCUT2D eigenvalue weighted by Gasteiger charge is -2.08. The van der Waals surface area contributed by atoms with Gasteiger partial charge in [0.15, 0.2) is 17.3 Å². The molecular weight excluding hydrogens is 218 g/mol. The van der Waals surface area contributed by atoms with Gasteiger partial charge in [0.25, 0.3) is 0 Å². The van der Waals surface area contributed by atoms with Crippen molar-refractivity contribution in [3.05, 3.63) is 23.8 Å². The fourth-order valence-electron chi connectivity index (χ4n) is 1.72. The van der Waals surface area contributed by atoms with Gasteiger partial charge in [0, 0.05) is 24.9 Å². The molecule has 0 aliphatic carbocycles. The molecule has 0 fully saturated rings. The molecule has 1 aliphatic heterocycles. The molecule has 92 valence electrons. The summed E-state index contributed by atoms with van der Waals surface area (Å²) in [6.45, 7) is 1.99. The number of ketones is 1. The van der Waals surface area contributed by atoms with Crippen LogP contribution in [0.15, 0.2) is 18.2 Å². The molecule has 0 atom stereocenters. The first kappa shape index (κ1) is 11.9. The molecule has 4 heteroatoms. The molecule has 17 heavy (non-hydrogen) atoms. The lowest BCUT2D eigenvalue weighted by Crippen LogP contribution is -2.13. The first-order chi connectivity index (χ1) is 8.31. The molecule has 0 aromatic heterocycles. The fraction of sp³-hybridized carbons (Fsp3) is 0.462. The predicted molar refractivity (Wildman–Crippen MR) is 64.9 cm³/mol. The van der Waals surface area contributed by atoms with Gasteiger partial charge < -0.3 is 14.8 Å². The van der Waals surface area contributed by atoms with Gasteiger partial charge in [-0.15, -0.1) is 0 Å². The Bertz CT molecular complexity index is 404. The number of benzene rings is 1. The summed E-state index contributed by atoms with van der Waals surface area (Å²) in [5.41, 5.74) is 0.685. The van der Waals surface area contributed by atoms with E-state index >= 15 is 0 Å². The van der Waals surface area contributed by atoms with Gasteiger partial charge in [-0.05, 0) is 25.2 Å². The van der Waals surface area contributed by atoms with Crippen molar-refractivity contribution in [2.45, 2.75) is 12.8 Å². The van der Waals surface area contributed by atoms with Gasteiger partial charge in [0.2, 0.25) is 0 Å². The maximum Gasteiger partial charge on any atom is 0.164 e. The second-order valence-electron chi connectivity index (χ2n) is 3.99. The standard InChI is InChI=1S/C13H17NO3/c1-14-6-5-11(15)10-3-4-12-13(9-10)17-8-2-7-16-12/h3-4,9,14H,2,5-8H2,1H3. The van der Waals surface area contributed by atoms with Gasteiger partial charge in [-0.3, -0.25) is 4.79 Å². The van der Waals surface area contributed by atoms with Crippen LogP contribution in [0.4, 0.5) is 0 Å². The van der Waals surface area contributed by atoms with Gasteiger partial charge >= 0.3 is 0 Å². The summed E-state index contributed by atoms with van der Waals surface area (Å²) in [7, 11) is 1.83. The molecule has 0 saturated heterocycles. The first-order valence-electron chi connectivity index (χ1n) is 5.88. The van der Waals surface area contributed by atoms with E-state index in [1.165, 1.54) is 0 Å². The van der Waals surface area contributed by atoms with Crippen molar-refractivity contribution in [1.82, 2.24) is 5.32 Å². The summed E-state index contributed by atoms with van der Waals surface area (Å²) in [5.74, 6) is 1.53. The van der Waals surface area contributed by atoms with E-state index in [1.807, 2.05) is 13.1 Å². The third-order valence-electron chi connectivity index (χ3n) is 2.67. The van der Waals surface area contributed by atoms with Crippen molar-refractivity contribution < 1.29 is 14.3 Å². The van der Waals surface area contributed by atoms with Crippen molar-refractivity contribution in [2.75, 3.05) is 26.8 Å². The van der Waals surface area contributed by atoms with E-state index in [9.17, 15) is 4.79 Å². The monoisotopic (exact) mass is 235 g/mol. The molecule has 0 radical (unpaired) electrons. The molecule has 1 aromatic rings. The van der Waals surface area contributed by atoms with Crippen LogP contribution in [0.2, 0.25) is 0 Å². The molecule has 0 amide bonds. The van der Waals surface area contributed by atoms with E-state index in [2.05, 4.69) is 5.32 Å². The Hall–Kier alpha value is -1.55. The van der Waals surface area contributed by atoms with E-state index in [0.717, 1.165) is 12.2 Å². The number of hydrogen-bond acceptors (Lipinski definition) is 4. The number of carbonyl (C=O) groups excluding carboxylic acids is 1. The quantitative estimate of drug-likeness (QED) is 0.806. The summed E-state index contributed by atoms with van der Waals surface area (Å²) in [6, 6.07) is 5.39. The highest BCUT2D eigenvalue weighted by Gasteiger charge is 2.13. The van der Waals surface area contributed by atoms with E-state index in [-0.39, 0.29) is 5.78 Å². The van der Waals surface area contributed by atoms with E-state index in [4.69, 9.17) is 9.47 Å². The third kappa shape index (κ3) is 2.97. The Balaban J connectivity index is 2.14. The lowest BCUT2D eigenvalue weighted by molar-refractivity contribution is 0.0983. The number of Topliss-reactive ketones (excluding diaryl/α,β-unsaturated/α-hetero) is 1. The van der Waals surface area contributed by atoms with Crippen LogP contribution in [0.5, 0.6) is 11.5 Å². The number of hydrogen-bond donors (Lipinski definition) is 1. The van der Waals surface area contributed by atoms with Gasteiger partial charge in [0.05, 0.1) is 13.2 Å². The minimum absolute atomic E-state index is 0.120. The minimum atomic E-state index is 0.120. The highest BCUT2D eigenvalue weighted by atomic mass is 16.5. The third-order valence-corrected chi connectivity index (χ3v) is 2.67. The zero-order chi connectivity index (χ0) is 12.1. The van der Waals surface area contributed by atoms with Crippen molar-refractivity contribution in [1.29, 1.82) is 0 Å². The Labute approximate surface area is 101 Å². The zero-order valence-electron chi connectivity index (χ0n) is 9.99. The minimum Gasteiger partial charge on any atom is -0.490 e. The maximum absolute atomic E-state index is 11.8. The van der Waals surface area contributed by atoms with Crippen LogP contribution in [-0.4, -0.2) is 32.6 Å². The molecular formula is C13H17NO3. The maximum atomic E-state index is 11.8. The largest absolute Gasteiger partial charge is 0.490 e. The van der Waals surface area contributed by atoms with Crippen LogP contribution in [0.25, 0.3) is 0 Å². The molecule has 0 saturated carbocycles. The van der Waals surface area contributed by atoms with E-state index in [1.54, 1.807) is 12.1 Å². The normalized spacial score (nSPS) is 14.2. The summed E-state index contributed by atoms with van der Waals surface area (Å²) in [6.07, 6.45) is 1.37. The Morgan fingerprint density at radius 2 is 2.06 bits per heavy atom. The predicted octanol–water partition coefficient (Wildman–Crippen LogP) is 1.64. The highest BCUT2D eigenvalue weighted by Crippen LogP contribution is 2.30. The van der Waals surface area contributed by atoms with Crippen LogP contribution >= 0.6 is 0 Å². The van der Waals surface area contributed by atoms with Gasteiger partial charge in [-0.1, -0.05) is 0 Å². The molecule has 1 heterocycles. The van der Waals surface area contributed by atoms with Crippen LogP contribution < -0.4 is 14.8 Å². The van der Waals surface area contributed by atoms with Crippen LogP contribution in [0, 0.1) is 0 Å². The fourth-order valence-corrected chi connectivity index (χ4v) is 1.72. The van der Waals surface area contributed by atoms with E-state index < -0.39 is 0 Å². The smallest absolute Gasteiger partial charge is 0.164 e. The van der Waals surface area contributed by atoms with Crippen molar-refractivity contribution in [3.8, 4) is 11.5 Å². The van der Waals surface area contributed by atoms with Crippen LogP contribution in [0.3, 0.4) is 0 Å². The SMILES string of the molecule is CNCCC(=O)c1ccc2c(c1)OCCCO2. The summed E-state index contributed by atoms with van der Waals surface area (Å²) < 4.78 is 11.1.